The van der Waals surface area contributed by atoms with E-state index in [1.165, 1.54) is 11.0 Å². The molecule has 0 fully saturated rings. The van der Waals surface area contributed by atoms with Crippen molar-refractivity contribution < 1.29 is 22.9 Å². The number of rotatable bonds is 5. The Morgan fingerprint density at radius 3 is 2.38 bits per heavy atom. The van der Waals surface area contributed by atoms with E-state index in [1.54, 1.807) is 20.8 Å². The summed E-state index contributed by atoms with van der Waals surface area (Å²) in [7, 11) is 0. The van der Waals surface area contributed by atoms with Gasteiger partial charge in [0.25, 0.3) is 5.91 Å². The van der Waals surface area contributed by atoms with Gasteiger partial charge in [0, 0.05) is 6.54 Å². The number of halogens is 2. The Bertz CT molecular complexity index is 734. The summed E-state index contributed by atoms with van der Waals surface area (Å²) in [6, 6.07) is 3.26. The maximum Gasteiger partial charge on any atom is 0.259 e. The fraction of sp³-hybridized carbons (Fsp3) is 0.312. The Morgan fingerprint density at radius 1 is 1.25 bits per heavy atom. The van der Waals surface area contributed by atoms with Crippen LogP contribution in [0.25, 0.3) is 0 Å². The normalized spacial score (nSPS) is 10.5. The van der Waals surface area contributed by atoms with Crippen LogP contribution in [-0.4, -0.2) is 35.0 Å². The zero-order valence-electron chi connectivity index (χ0n) is 13.5. The van der Waals surface area contributed by atoms with Crippen molar-refractivity contribution in [3.05, 3.63) is 46.9 Å². The molecule has 0 saturated carbocycles. The molecule has 0 atom stereocenters. The highest BCUT2D eigenvalue weighted by atomic mass is 19.1. The van der Waals surface area contributed by atoms with Crippen LogP contribution in [0, 0.1) is 25.5 Å². The average molecular weight is 337 g/mol. The van der Waals surface area contributed by atoms with Gasteiger partial charge in [-0.25, -0.2) is 8.78 Å². The molecule has 8 heteroatoms. The number of anilines is 1. The first kappa shape index (κ1) is 17.6. The zero-order chi connectivity index (χ0) is 17.9. The third-order valence-corrected chi connectivity index (χ3v) is 3.48. The van der Waals surface area contributed by atoms with E-state index >= 15 is 0 Å². The Balaban J connectivity index is 2.13. The van der Waals surface area contributed by atoms with E-state index in [0.717, 1.165) is 12.1 Å². The minimum absolute atomic E-state index is 0.232. The molecule has 0 bridgehead atoms. The molecular weight excluding hydrogens is 320 g/mol. The molecule has 1 aromatic carbocycles. The number of hydrogen-bond donors (Lipinski definition) is 1. The van der Waals surface area contributed by atoms with Crippen molar-refractivity contribution in [2.75, 3.05) is 18.4 Å². The predicted molar refractivity (Wildman–Crippen MR) is 82.5 cm³/mol. The van der Waals surface area contributed by atoms with Crippen LogP contribution in [0.15, 0.2) is 22.7 Å². The van der Waals surface area contributed by atoms with Crippen LogP contribution in [0.1, 0.15) is 28.7 Å². The lowest BCUT2D eigenvalue weighted by molar-refractivity contribution is -0.116. The monoisotopic (exact) mass is 337 g/mol. The quantitative estimate of drug-likeness (QED) is 0.910. The van der Waals surface area contributed by atoms with Gasteiger partial charge >= 0.3 is 0 Å². The molecular formula is C16H17F2N3O3. The summed E-state index contributed by atoms with van der Waals surface area (Å²) in [6.45, 7) is 4.78. The Hall–Kier alpha value is -2.77. The van der Waals surface area contributed by atoms with Crippen molar-refractivity contribution in [3.8, 4) is 0 Å². The standard InChI is InChI=1S/C16H17F2N3O3/c1-4-21(16(23)14-9(2)20-24-10(14)3)8-13(22)19-15-11(17)6-5-7-12(15)18/h5-7H,4,8H2,1-3H3,(H,19,22). The van der Waals surface area contributed by atoms with Crippen LogP contribution < -0.4 is 5.32 Å². The summed E-state index contributed by atoms with van der Waals surface area (Å²) in [5, 5.41) is 5.85. The molecule has 0 aliphatic rings. The minimum atomic E-state index is -0.886. The lowest BCUT2D eigenvalue weighted by Crippen LogP contribution is -2.38. The summed E-state index contributed by atoms with van der Waals surface area (Å²) >= 11 is 0. The van der Waals surface area contributed by atoms with Crippen LogP contribution in [0.5, 0.6) is 0 Å². The molecule has 6 nitrogen and oxygen atoms in total. The molecule has 0 saturated heterocycles. The van der Waals surface area contributed by atoms with Gasteiger partial charge in [-0.1, -0.05) is 11.2 Å². The van der Waals surface area contributed by atoms with E-state index in [2.05, 4.69) is 10.5 Å². The van der Waals surface area contributed by atoms with E-state index < -0.39 is 29.1 Å². The molecule has 2 rings (SSSR count). The van der Waals surface area contributed by atoms with E-state index in [4.69, 9.17) is 4.52 Å². The number of carbonyl (C=O) groups excluding carboxylic acids is 2. The van der Waals surface area contributed by atoms with Crippen LogP contribution in [0.3, 0.4) is 0 Å². The zero-order valence-corrected chi connectivity index (χ0v) is 13.5. The largest absolute Gasteiger partial charge is 0.361 e. The van der Waals surface area contributed by atoms with Crippen molar-refractivity contribution in [2.45, 2.75) is 20.8 Å². The number of nitrogens with one attached hydrogen (secondary N) is 1. The van der Waals surface area contributed by atoms with Crippen molar-refractivity contribution in [1.82, 2.24) is 10.1 Å². The van der Waals surface area contributed by atoms with E-state index in [-0.39, 0.29) is 18.7 Å². The molecule has 0 radical (unpaired) electrons. The first-order valence-corrected chi connectivity index (χ1v) is 7.31. The van der Waals surface area contributed by atoms with E-state index in [9.17, 15) is 18.4 Å². The molecule has 128 valence electrons. The number of nitrogens with zero attached hydrogens (tertiary/aromatic N) is 2. The van der Waals surface area contributed by atoms with Gasteiger partial charge in [-0.15, -0.1) is 0 Å². The number of hydrogen-bond acceptors (Lipinski definition) is 4. The molecule has 24 heavy (non-hydrogen) atoms. The Kier molecular flexibility index (Phi) is 5.28. The predicted octanol–water partition coefficient (Wildman–Crippen LogP) is 2.67. The minimum Gasteiger partial charge on any atom is -0.361 e. The van der Waals surface area contributed by atoms with Gasteiger partial charge in [0.05, 0.1) is 5.69 Å². The fourth-order valence-corrected chi connectivity index (χ4v) is 2.24. The molecule has 0 aliphatic carbocycles. The summed E-state index contributed by atoms with van der Waals surface area (Å²) < 4.78 is 32.1. The van der Waals surface area contributed by atoms with Gasteiger partial charge in [-0.2, -0.15) is 0 Å². The van der Waals surface area contributed by atoms with Crippen LogP contribution in [-0.2, 0) is 4.79 Å². The van der Waals surface area contributed by atoms with Crippen molar-refractivity contribution in [1.29, 1.82) is 0 Å². The number of para-hydroxylation sites is 1. The second-order valence-electron chi connectivity index (χ2n) is 5.16. The molecule has 0 unspecified atom stereocenters. The van der Waals surface area contributed by atoms with Crippen LogP contribution in [0.4, 0.5) is 14.5 Å². The highest BCUT2D eigenvalue weighted by Gasteiger charge is 2.24. The number of amides is 2. The van der Waals surface area contributed by atoms with Crippen molar-refractivity contribution >= 4 is 17.5 Å². The van der Waals surface area contributed by atoms with E-state index in [1.807, 2.05) is 0 Å². The summed E-state index contributed by atoms with van der Waals surface area (Å²) in [6.07, 6.45) is 0. The molecule has 0 spiro atoms. The Morgan fingerprint density at radius 2 is 1.88 bits per heavy atom. The molecule has 1 N–H and O–H groups in total. The van der Waals surface area contributed by atoms with Gasteiger partial charge in [0.1, 0.15) is 35.2 Å². The summed E-state index contributed by atoms with van der Waals surface area (Å²) in [4.78, 5) is 25.8. The lowest BCUT2D eigenvalue weighted by Gasteiger charge is -2.20. The lowest BCUT2D eigenvalue weighted by atomic mass is 10.1. The molecule has 1 heterocycles. The van der Waals surface area contributed by atoms with Crippen LogP contribution in [0.2, 0.25) is 0 Å². The third kappa shape index (κ3) is 3.58. The second-order valence-corrected chi connectivity index (χ2v) is 5.16. The molecule has 2 aromatic rings. The molecule has 2 amide bonds. The number of aromatic nitrogens is 1. The number of likely N-dealkylation sites (N-methyl/N-ethyl adjacent to an activating group) is 1. The second kappa shape index (κ2) is 7.20. The summed E-state index contributed by atoms with van der Waals surface area (Å²) in [5.41, 5.74) is 0.154. The number of benzene rings is 1. The van der Waals surface area contributed by atoms with Crippen molar-refractivity contribution in [3.63, 3.8) is 0 Å². The first-order valence-electron chi connectivity index (χ1n) is 7.31. The Labute approximate surface area is 137 Å². The molecule has 0 aliphatic heterocycles. The number of carbonyl (C=O) groups is 2. The maximum absolute atomic E-state index is 13.6. The smallest absolute Gasteiger partial charge is 0.259 e. The van der Waals surface area contributed by atoms with Crippen molar-refractivity contribution in [2.24, 2.45) is 0 Å². The molecule has 1 aromatic heterocycles. The number of aryl methyl sites for hydroxylation is 2. The van der Waals surface area contributed by atoms with Gasteiger partial charge in [0.2, 0.25) is 5.91 Å². The topological polar surface area (TPSA) is 75.4 Å². The highest BCUT2D eigenvalue weighted by Crippen LogP contribution is 2.18. The first-order chi connectivity index (χ1) is 11.3. The summed E-state index contributed by atoms with van der Waals surface area (Å²) in [5.74, 6) is -2.57. The average Bonchev–Trinajstić information content (AvgIpc) is 2.87. The highest BCUT2D eigenvalue weighted by molar-refractivity contribution is 6.00. The van der Waals surface area contributed by atoms with Crippen LogP contribution >= 0.6 is 0 Å². The van der Waals surface area contributed by atoms with E-state index in [0.29, 0.717) is 11.5 Å². The van der Waals surface area contributed by atoms with Gasteiger partial charge in [-0.3, -0.25) is 9.59 Å². The van der Waals surface area contributed by atoms with Gasteiger partial charge in [-0.05, 0) is 32.9 Å². The fourth-order valence-electron chi connectivity index (χ4n) is 2.24. The SMILES string of the molecule is CCN(CC(=O)Nc1c(F)cccc1F)C(=O)c1c(C)noc1C. The third-order valence-electron chi connectivity index (χ3n) is 3.48. The maximum atomic E-state index is 13.6. The van der Waals surface area contributed by atoms with Gasteiger partial charge in [0.15, 0.2) is 0 Å². The van der Waals surface area contributed by atoms with Gasteiger partial charge < -0.3 is 14.7 Å².